The lowest BCUT2D eigenvalue weighted by Gasteiger charge is -2.35. The summed E-state index contributed by atoms with van der Waals surface area (Å²) in [5.74, 6) is -3.27. The standard InChI is InChI=1S/C36H31O7PS/c1-42-35(37)31-22-29-30(23-32(31)36(38)43-2)34(45(40,41)26-18-10-5-11-19-26)28-21-13-12-20-27(28)33(29)44(39,24-14-6-3-7-15-24)25-16-8-4-9-17-25/h3-21,31-32H,22-23H2,1-2H3/t31-,32-/m1/s1. The summed E-state index contributed by atoms with van der Waals surface area (Å²) in [4.78, 5) is 26.6. The normalized spacial score (nSPS) is 16.5. The van der Waals surface area contributed by atoms with Crippen LogP contribution in [0, 0.1) is 11.8 Å². The molecule has 0 saturated heterocycles. The molecular formula is C36H31O7PS. The molecule has 1 aliphatic carbocycles. The van der Waals surface area contributed by atoms with E-state index in [1.54, 1.807) is 66.7 Å². The summed E-state index contributed by atoms with van der Waals surface area (Å²) in [5.41, 5.74) is 0.824. The first-order valence-corrected chi connectivity index (χ1v) is 17.7. The van der Waals surface area contributed by atoms with E-state index >= 15 is 4.57 Å². The van der Waals surface area contributed by atoms with Crippen molar-refractivity contribution in [3.05, 3.63) is 126 Å². The molecule has 5 aromatic rings. The first kappa shape index (κ1) is 30.5. The van der Waals surface area contributed by atoms with Crippen molar-refractivity contribution in [1.29, 1.82) is 0 Å². The molecule has 0 amide bonds. The maximum absolute atomic E-state index is 16.0. The fourth-order valence-electron chi connectivity index (χ4n) is 6.52. The van der Waals surface area contributed by atoms with Gasteiger partial charge in [-0.15, -0.1) is 0 Å². The van der Waals surface area contributed by atoms with E-state index in [4.69, 9.17) is 9.47 Å². The highest BCUT2D eigenvalue weighted by Gasteiger charge is 2.46. The van der Waals surface area contributed by atoms with Gasteiger partial charge in [0.15, 0.2) is 7.14 Å². The third-order valence-electron chi connectivity index (χ3n) is 8.57. The van der Waals surface area contributed by atoms with Crippen molar-refractivity contribution in [1.82, 2.24) is 0 Å². The van der Waals surface area contributed by atoms with Crippen molar-refractivity contribution in [2.24, 2.45) is 11.8 Å². The minimum atomic E-state index is -4.16. The van der Waals surface area contributed by atoms with Crippen LogP contribution in [0.2, 0.25) is 0 Å². The largest absolute Gasteiger partial charge is 0.469 e. The molecule has 45 heavy (non-hydrogen) atoms. The Labute approximate surface area is 262 Å². The third-order valence-corrected chi connectivity index (χ3v) is 13.7. The second-order valence-electron chi connectivity index (χ2n) is 10.9. The molecule has 7 nitrogen and oxygen atoms in total. The van der Waals surface area contributed by atoms with Gasteiger partial charge < -0.3 is 14.0 Å². The Kier molecular flexibility index (Phi) is 8.21. The summed E-state index contributed by atoms with van der Waals surface area (Å²) < 4.78 is 55.4. The molecule has 9 heteroatoms. The zero-order valence-electron chi connectivity index (χ0n) is 24.8. The van der Waals surface area contributed by atoms with Crippen LogP contribution in [0.15, 0.2) is 125 Å². The van der Waals surface area contributed by atoms with E-state index in [0.717, 1.165) is 0 Å². The van der Waals surface area contributed by atoms with E-state index < -0.39 is 40.8 Å². The van der Waals surface area contributed by atoms with Gasteiger partial charge in [-0.25, -0.2) is 8.42 Å². The van der Waals surface area contributed by atoms with E-state index in [0.29, 0.717) is 37.8 Å². The van der Waals surface area contributed by atoms with Crippen molar-refractivity contribution in [2.75, 3.05) is 14.2 Å². The second-order valence-corrected chi connectivity index (χ2v) is 15.5. The molecule has 228 valence electrons. The maximum atomic E-state index is 16.0. The summed E-state index contributed by atoms with van der Waals surface area (Å²) in [6.07, 6.45) is -0.187. The fraction of sp³-hybridized carbons (Fsp3) is 0.167. The second kappa shape index (κ2) is 12.1. The van der Waals surface area contributed by atoms with Crippen LogP contribution >= 0.6 is 7.14 Å². The van der Waals surface area contributed by atoms with Gasteiger partial charge in [-0.05, 0) is 41.5 Å². The SMILES string of the molecule is COC(=O)[C@@H]1Cc2c(c(S(=O)(=O)c3ccccc3)c3ccccc3c2P(=O)(c2ccccc2)c2ccccc2)C[C@H]1C(=O)OC. The Hall–Kier alpha value is -4.52. The topological polar surface area (TPSA) is 104 Å². The molecule has 0 radical (unpaired) electrons. The number of benzene rings is 5. The van der Waals surface area contributed by atoms with Crippen LogP contribution in [0.3, 0.4) is 0 Å². The summed E-state index contributed by atoms with van der Waals surface area (Å²) in [6.45, 7) is 0. The highest BCUT2D eigenvalue weighted by atomic mass is 32.2. The molecule has 1 aliphatic rings. The predicted octanol–water partition coefficient (Wildman–Crippen LogP) is 4.99. The molecule has 6 rings (SSSR count). The number of hydrogen-bond donors (Lipinski definition) is 0. The smallest absolute Gasteiger partial charge is 0.309 e. The van der Waals surface area contributed by atoms with Gasteiger partial charge in [0.25, 0.3) is 0 Å². The summed E-state index contributed by atoms with van der Waals surface area (Å²) in [6, 6.07) is 33.3. The van der Waals surface area contributed by atoms with Crippen LogP contribution in [-0.4, -0.2) is 34.6 Å². The molecule has 0 aliphatic heterocycles. The lowest BCUT2D eigenvalue weighted by atomic mass is 9.75. The Morgan fingerprint density at radius 3 is 1.53 bits per heavy atom. The van der Waals surface area contributed by atoms with E-state index in [1.165, 1.54) is 26.4 Å². The van der Waals surface area contributed by atoms with E-state index in [9.17, 15) is 18.0 Å². The van der Waals surface area contributed by atoms with Gasteiger partial charge >= 0.3 is 11.9 Å². The van der Waals surface area contributed by atoms with Crippen molar-refractivity contribution < 1.29 is 32.0 Å². The molecule has 0 aromatic heterocycles. The monoisotopic (exact) mass is 638 g/mol. The minimum absolute atomic E-state index is 0.0351. The number of carbonyl (C=O) groups is 2. The van der Waals surface area contributed by atoms with Crippen LogP contribution < -0.4 is 15.9 Å². The summed E-state index contributed by atoms with van der Waals surface area (Å²) in [7, 11) is -5.38. The molecule has 0 heterocycles. The highest BCUT2D eigenvalue weighted by molar-refractivity contribution is 7.92. The quantitative estimate of drug-likeness (QED) is 0.183. The summed E-state index contributed by atoms with van der Waals surface area (Å²) in [5, 5.41) is 2.47. The zero-order valence-corrected chi connectivity index (χ0v) is 26.5. The van der Waals surface area contributed by atoms with Crippen LogP contribution in [0.1, 0.15) is 11.1 Å². The maximum Gasteiger partial charge on any atom is 0.309 e. The first-order chi connectivity index (χ1) is 21.7. The molecular weight excluding hydrogens is 607 g/mol. The minimum Gasteiger partial charge on any atom is -0.469 e. The Balaban J connectivity index is 1.81. The van der Waals surface area contributed by atoms with Gasteiger partial charge in [-0.1, -0.05) is 103 Å². The molecule has 0 bridgehead atoms. The number of rotatable bonds is 7. The average molecular weight is 639 g/mol. The number of carbonyl (C=O) groups excluding carboxylic acids is 2. The number of sulfone groups is 1. The molecule has 0 spiro atoms. The van der Waals surface area contributed by atoms with Crippen molar-refractivity contribution >= 4 is 55.6 Å². The van der Waals surface area contributed by atoms with E-state index in [1.807, 2.05) is 36.4 Å². The molecule has 0 unspecified atom stereocenters. The summed E-state index contributed by atoms with van der Waals surface area (Å²) >= 11 is 0. The predicted molar refractivity (Wildman–Crippen MR) is 174 cm³/mol. The van der Waals surface area contributed by atoms with Crippen molar-refractivity contribution in [3.8, 4) is 0 Å². The van der Waals surface area contributed by atoms with E-state index in [-0.39, 0.29) is 22.6 Å². The van der Waals surface area contributed by atoms with Crippen molar-refractivity contribution in [2.45, 2.75) is 22.6 Å². The van der Waals surface area contributed by atoms with Gasteiger partial charge in [0.05, 0.1) is 35.8 Å². The molecule has 5 aromatic carbocycles. The van der Waals surface area contributed by atoms with Crippen LogP contribution in [0.25, 0.3) is 10.8 Å². The fourth-order valence-corrected chi connectivity index (χ4v) is 11.4. The highest BCUT2D eigenvalue weighted by Crippen LogP contribution is 2.50. The van der Waals surface area contributed by atoms with Crippen LogP contribution in [-0.2, 0) is 46.3 Å². The number of esters is 2. The van der Waals surface area contributed by atoms with Crippen LogP contribution in [0.4, 0.5) is 0 Å². The van der Waals surface area contributed by atoms with Gasteiger partial charge in [-0.2, -0.15) is 0 Å². The first-order valence-electron chi connectivity index (χ1n) is 14.5. The number of hydrogen-bond acceptors (Lipinski definition) is 7. The van der Waals surface area contributed by atoms with E-state index in [2.05, 4.69) is 0 Å². The van der Waals surface area contributed by atoms with Crippen LogP contribution in [0.5, 0.6) is 0 Å². The molecule has 2 atom stereocenters. The molecule has 0 saturated carbocycles. The third kappa shape index (κ3) is 5.08. The average Bonchev–Trinajstić information content (AvgIpc) is 3.09. The Morgan fingerprint density at radius 1 is 0.622 bits per heavy atom. The van der Waals surface area contributed by atoms with Crippen molar-refractivity contribution in [3.63, 3.8) is 0 Å². The number of ether oxygens (including phenoxy) is 2. The lowest BCUT2D eigenvalue weighted by molar-refractivity contribution is -0.158. The van der Waals surface area contributed by atoms with Gasteiger partial charge in [0, 0.05) is 21.3 Å². The number of methoxy groups -OCH3 is 2. The Morgan fingerprint density at radius 2 is 1.04 bits per heavy atom. The van der Waals surface area contributed by atoms with Gasteiger partial charge in [0.2, 0.25) is 9.84 Å². The van der Waals surface area contributed by atoms with Gasteiger partial charge in [-0.3, -0.25) is 9.59 Å². The molecule has 0 fully saturated rings. The number of fused-ring (bicyclic) bond motifs is 2. The van der Waals surface area contributed by atoms with Gasteiger partial charge in [0.1, 0.15) is 0 Å². The zero-order chi connectivity index (χ0) is 31.8. The molecule has 0 N–H and O–H groups in total. The lowest BCUT2D eigenvalue weighted by Crippen LogP contribution is -2.41. The Bertz CT molecular complexity index is 2020.